The molecule has 1 saturated carbocycles. The number of nitrogens with zero attached hydrogens (tertiary/aromatic N) is 2. The first-order valence-corrected chi connectivity index (χ1v) is 8.60. The molecule has 3 rings (SSSR count). The minimum absolute atomic E-state index is 0.345. The van der Waals surface area contributed by atoms with E-state index in [1.54, 1.807) is 0 Å². The van der Waals surface area contributed by atoms with Crippen LogP contribution >= 0.6 is 0 Å². The lowest BCUT2D eigenvalue weighted by Gasteiger charge is -2.37. The van der Waals surface area contributed by atoms with Crippen LogP contribution in [0.3, 0.4) is 0 Å². The summed E-state index contributed by atoms with van der Waals surface area (Å²) in [4.78, 5) is 16.7. The second-order valence-corrected chi connectivity index (χ2v) is 7.16. The van der Waals surface area contributed by atoms with E-state index in [9.17, 15) is 4.79 Å². The molecule has 2 aliphatic rings. The van der Waals surface area contributed by atoms with E-state index in [0.29, 0.717) is 17.9 Å². The Hall–Kier alpha value is -1.35. The SMILES string of the molecule is Cc1ccc(C)c(CN2CCC(N(C)C(=O)C3CC3)CC2)c1. The Labute approximate surface area is 134 Å². The molecule has 0 N–H and O–H groups in total. The Morgan fingerprint density at radius 3 is 2.50 bits per heavy atom. The smallest absolute Gasteiger partial charge is 0.225 e. The minimum Gasteiger partial charge on any atom is -0.342 e. The predicted molar refractivity (Wildman–Crippen MR) is 89.7 cm³/mol. The van der Waals surface area contributed by atoms with E-state index in [2.05, 4.69) is 36.9 Å². The van der Waals surface area contributed by atoms with Gasteiger partial charge in [0, 0.05) is 38.6 Å². The van der Waals surface area contributed by atoms with Crippen LogP contribution in [0.5, 0.6) is 0 Å². The van der Waals surface area contributed by atoms with Gasteiger partial charge in [-0.3, -0.25) is 9.69 Å². The molecule has 1 aliphatic carbocycles. The predicted octanol–water partition coefficient (Wildman–Crippen LogP) is 3.14. The number of aryl methyl sites for hydroxylation is 2. The highest BCUT2D eigenvalue weighted by Gasteiger charge is 2.35. The third kappa shape index (κ3) is 3.52. The van der Waals surface area contributed by atoms with Gasteiger partial charge in [-0.05, 0) is 50.7 Å². The Morgan fingerprint density at radius 1 is 1.18 bits per heavy atom. The zero-order chi connectivity index (χ0) is 15.7. The largest absolute Gasteiger partial charge is 0.342 e. The standard InChI is InChI=1S/C19H28N2O/c1-14-4-5-15(2)17(12-14)13-21-10-8-18(9-11-21)20(3)19(22)16-6-7-16/h4-5,12,16,18H,6-11,13H2,1-3H3. The molecule has 1 saturated heterocycles. The molecule has 1 heterocycles. The van der Waals surface area contributed by atoms with E-state index >= 15 is 0 Å². The number of hydrogen-bond acceptors (Lipinski definition) is 2. The van der Waals surface area contributed by atoms with E-state index in [4.69, 9.17) is 0 Å². The van der Waals surface area contributed by atoms with Gasteiger partial charge in [-0.1, -0.05) is 23.8 Å². The van der Waals surface area contributed by atoms with Crippen molar-refractivity contribution in [2.45, 2.75) is 52.1 Å². The van der Waals surface area contributed by atoms with Crippen molar-refractivity contribution in [2.75, 3.05) is 20.1 Å². The van der Waals surface area contributed by atoms with E-state index < -0.39 is 0 Å². The van der Waals surface area contributed by atoms with E-state index in [-0.39, 0.29) is 0 Å². The zero-order valence-corrected chi connectivity index (χ0v) is 14.1. The van der Waals surface area contributed by atoms with Crippen LogP contribution in [-0.2, 0) is 11.3 Å². The van der Waals surface area contributed by atoms with Gasteiger partial charge in [0.2, 0.25) is 5.91 Å². The van der Waals surface area contributed by atoms with Gasteiger partial charge in [0.1, 0.15) is 0 Å². The molecule has 3 heteroatoms. The molecule has 0 atom stereocenters. The number of amides is 1. The van der Waals surface area contributed by atoms with Crippen LogP contribution in [0.15, 0.2) is 18.2 Å². The zero-order valence-electron chi connectivity index (χ0n) is 14.1. The van der Waals surface area contributed by atoms with Gasteiger partial charge in [-0.2, -0.15) is 0 Å². The number of hydrogen-bond donors (Lipinski definition) is 0. The van der Waals surface area contributed by atoms with Crippen LogP contribution in [0, 0.1) is 19.8 Å². The van der Waals surface area contributed by atoms with Crippen molar-refractivity contribution in [2.24, 2.45) is 5.92 Å². The normalized spacial score (nSPS) is 20.1. The summed E-state index contributed by atoms with van der Waals surface area (Å²) in [5.41, 5.74) is 4.17. The van der Waals surface area contributed by atoms with Crippen LogP contribution < -0.4 is 0 Å². The molecule has 1 aromatic carbocycles. The van der Waals surface area contributed by atoms with Crippen molar-refractivity contribution in [3.05, 3.63) is 34.9 Å². The molecular weight excluding hydrogens is 272 g/mol. The summed E-state index contributed by atoms with van der Waals surface area (Å²) in [6.45, 7) is 7.60. The Balaban J connectivity index is 1.53. The van der Waals surface area contributed by atoms with Crippen molar-refractivity contribution in [3.8, 4) is 0 Å². The number of benzene rings is 1. The van der Waals surface area contributed by atoms with Crippen LogP contribution in [-0.4, -0.2) is 41.9 Å². The Kier molecular flexibility index (Phi) is 4.53. The lowest BCUT2D eigenvalue weighted by atomic mass is 10.0. The Bertz CT molecular complexity index is 542. The topological polar surface area (TPSA) is 23.6 Å². The average Bonchev–Trinajstić information content (AvgIpc) is 3.35. The molecule has 0 unspecified atom stereocenters. The maximum atomic E-state index is 12.2. The monoisotopic (exact) mass is 300 g/mol. The molecule has 0 spiro atoms. The van der Waals surface area contributed by atoms with Gasteiger partial charge in [0.15, 0.2) is 0 Å². The molecule has 120 valence electrons. The number of rotatable bonds is 4. The van der Waals surface area contributed by atoms with Crippen LogP contribution in [0.2, 0.25) is 0 Å². The first-order chi connectivity index (χ1) is 10.5. The van der Waals surface area contributed by atoms with Crippen molar-refractivity contribution in [1.82, 2.24) is 9.80 Å². The minimum atomic E-state index is 0.345. The molecule has 2 fully saturated rings. The summed E-state index contributed by atoms with van der Waals surface area (Å²) in [7, 11) is 2.01. The van der Waals surface area contributed by atoms with Crippen LogP contribution in [0.1, 0.15) is 42.4 Å². The molecule has 3 nitrogen and oxygen atoms in total. The van der Waals surface area contributed by atoms with Crippen LogP contribution in [0.4, 0.5) is 0 Å². The molecule has 1 aliphatic heterocycles. The number of carbonyl (C=O) groups is 1. The van der Waals surface area contributed by atoms with E-state index in [0.717, 1.165) is 45.3 Å². The molecule has 0 radical (unpaired) electrons. The number of carbonyl (C=O) groups excluding carboxylic acids is 1. The number of likely N-dealkylation sites (tertiary alicyclic amines) is 1. The Morgan fingerprint density at radius 2 is 1.86 bits per heavy atom. The second-order valence-electron chi connectivity index (χ2n) is 7.16. The number of piperidine rings is 1. The summed E-state index contributed by atoms with van der Waals surface area (Å²) in [5.74, 6) is 0.728. The van der Waals surface area contributed by atoms with Gasteiger partial charge in [0.25, 0.3) is 0 Å². The van der Waals surface area contributed by atoms with Gasteiger partial charge in [-0.25, -0.2) is 0 Å². The maximum Gasteiger partial charge on any atom is 0.225 e. The van der Waals surface area contributed by atoms with Crippen molar-refractivity contribution >= 4 is 5.91 Å². The summed E-state index contributed by atoms with van der Waals surface area (Å²) < 4.78 is 0. The lowest BCUT2D eigenvalue weighted by Crippen LogP contribution is -2.45. The summed E-state index contributed by atoms with van der Waals surface area (Å²) in [6.07, 6.45) is 4.43. The van der Waals surface area contributed by atoms with Crippen molar-refractivity contribution < 1.29 is 4.79 Å². The van der Waals surface area contributed by atoms with Crippen LogP contribution in [0.25, 0.3) is 0 Å². The molecule has 0 bridgehead atoms. The first-order valence-electron chi connectivity index (χ1n) is 8.60. The fraction of sp³-hybridized carbons (Fsp3) is 0.632. The van der Waals surface area contributed by atoms with Gasteiger partial charge >= 0.3 is 0 Å². The van der Waals surface area contributed by atoms with Gasteiger partial charge in [-0.15, -0.1) is 0 Å². The molecular formula is C19H28N2O. The second kappa shape index (κ2) is 6.41. The molecule has 0 aromatic heterocycles. The first kappa shape index (κ1) is 15.5. The third-order valence-corrected chi connectivity index (χ3v) is 5.28. The van der Waals surface area contributed by atoms with E-state index in [1.165, 1.54) is 16.7 Å². The van der Waals surface area contributed by atoms with Gasteiger partial charge < -0.3 is 4.90 Å². The van der Waals surface area contributed by atoms with Crippen molar-refractivity contribution in [1.29, 1.82) is 0 Å². The fourth-order valence-corrected chi connectivity index (χ4v) is 3.47. The van der Waals surface area contributed by atoms with Gasteiger partial charge in [0.05, 0.1) is 0 Å². The highest BCUT2D eigenvalue weighted by atomic mass is 16.2. The summed E-state index contributed by atoms with van der Waals surface area (Å²) in [6, 6.07) is 7.16. The molecule has 1 amide bonds. The highest BCUT2D eigenvalue weighted by molar-refractivity contribution is 5.81. The summed E-state index contributed by atoms with van der Waals surface area (Å²) >= 11 is 0. The highest BCUT2D eigenvalue weighted by Crippen LogP contribution is 2.32. The van der Waals surface area contributed by atoms with E-state index in [1.807, 2.05) is 11.9 Å². The maximum absolute atomic E-state index is 12.2. The molecule has 1 aromatic rings. The quantitative estimate of drug-likeness (QED) is 0.853. The molecule has 22 heavy (non-hydrogen) atoms. The fourth-order valence-electron chi connectivity index (χ4n) is 3.47. The van der Waals surface area contributed by atoms with Crippen molar-refractivity contribution in [3.63, 3.8) is 0 Å². The summed E-state index contributed by atoms with van der Waals surface area (Å²) in [5, 5.41) is 0. The average molecular weight is 300 g/mol. The lowest BCUT2D eigenvalue weighted by molar-refractivity contribution is -0.134. The third-order valence-electron chi connectivity index (χ3n) is 5.28.